The predicted molar refractivity (Wildman–Crippen MR) is 128 cm³/mol. The topological polar surface area (TPSA) is 91.2 Å². The maximum atomic E-state index is 12.6. The fourth-order valence-corrected chi connectivity index (χ4v) is 3.14. The summed E-state index contributed by atoms with van der Waals surface area (Å²) in [6.45, 7) is 1.72. The van der Waals surface area contributed by atoms with Gasteiger partial charge in [0, 0.05) is 21.4 Å². The average molecular weight is 490 g/mol. The van der Waals surface area contributed by atoms with Crippen molar-refractivity contribution >= 4 is 45.2 Å². The van der Waals surface area contributed by atoms with Gasteiger partial charge < -0.3 is 15.4 Å². The molecule has 0 aliphatic heterocycles. The molecule has 0 bridgehead atoms. The molecule has 0 aliphatic rings. The highest BCUT2D eigenvalue weighted by Gasteiger charge is 2.13. The van der Waals surface area contributed by atoms with Crippen LogP contribution in [0.1, 0.15) is 11.1 Å². The molecule has 0 aliphatic carbocycles. The van der Waals surface area contributed by atoms with Gasteiger partial charge in [-0.1, -0.05) is 51.8 Å². The molecule has 0 heterocycles. The molecule has 3 aromatic rings. The number of carbonyl (C=O) groups excluding carboxylic acids is 2. The average Bonchev–Trinajstić information content (AvgIpc) is 2.79. The highest BCUT2D eigenvalue weighted by atomic mass is 79.9. The summed E-state index contributed by atoms with van der Waals surface area (Å²) in [6, 6.07) is 23.4. The Morgan fingerprint density at radius 2 is 1.69 bits per heavy atom. The van der Waals surface area contributed by atoms with Crippen molar-refractivity contribution in [1.82, 2.24) is 0 Å². The van der Waals surface area contributed by atoms with E-state index in [9.17, 15) is 14.9 Å². The first-order valence-corrected chi connectivity index (χ1v) is 10.5. The third-order valence-corrected chi connectivity index (χ3v) is 4.86. The molecule has 0 aromatic heterocycles. The first kappa shape index (κ1) is 22.8. The lowest BCUT2D eigenvalue weighted by atomic mass is 10.1. The van der Waals surface area contributed by atoms with Crippen LogP contribution in [-0.4, -0.2) is 18.4 Å². The quantitative estimate of drug-likeness (QED) is 0.347. The van der Waals surface area contributed by atoms with E-state index in [1.807, 2.05) is 43.3 Å². The van der Waals surface area contributed by atoms with Gasteiger partial charge in [0.25, 0.3) is 11.8 Å². The number of hydrogen-bond donors (Lipinski definition) is 2. The zero-order valence-corrected chi connectivity index (χ0v) is 18.8. The zero-order valence-electron chi connectivity index (χ0n) is 17.3. The largest absolute Gasteiger partial charge is 0.483 e. The summed E-state index contributed by atoms with van der Waals surface area (Å²) in [5, 5.41) is 15.0. The van der Waals surface area contributed by atoms with Crippen LogP contribution in [0.2, 0.25) is 0 Å². The summed E-state index contributed by atoms with van der Waals surface area (Å²) in [5.74, 6) is -0.497. The minimum atomic E-state index is -0.538. The van der Waals surface area contributed by atoms with E-state index >= 15 is 0 Å². The maximum Gasteiger partial charge on any atom is 0.266 e. The molecule has 0 atom stereocenters. The predicted octanol–water partition coefficient (Wildman–Crippen LogP) is 5.32. The number of para-hydroxylation sites is 1. The first-order valence-electron chi connectivity index (χ1n) is 9.71. The highest BCUT2D eigenvalue weighted by Crippen LogP contribution is 2.26. The van der Waals surface area contributed by atoms with Crippen LogP contribution < -0.4 is 15.4 Å². The van der Waals surface area contributed by atoms with Crippen molar-refractivity contribution in [2.75, 3.05) is 17.2 Å². The lowest BCUT2D eigenvalue weighted by Gasteiger charge is -2.11. The summed E-state index contributed by atoms with van der Waals surface area (Å²) < 4.78 is 6.40. The molecule has 32 heavy (non-hydrogen) atoms. The third-order valence-electron chi connectivity index (χ3n) is 4.36. The van der Waals surface area contributed by atoms with Crippen molar-refractivity contribution in [1.29, 1.82) is 5.26 Å². The molecule has 160 valence electrons. The van der Waals surface area contributed by atoms with E-state index in [1.165, 1.54) is 6.08 Å². The van der Waals surface area contributed by atoms with Crippen LogP contribution in [-0.2, 0) is 9.59 Å². The zero-order chi connectivity index (χ0) is 22.9. The molecule has 7 heteroatoms. The van der Waals surface area contributed by atoms with Crippen LogP contribution in [0.4, 0.5) is 11.4 Å². The summed E-state index contributed by atoms with van der Waals surface area (Å²) in [6.07, 6.45) is 1.43. The minimum Gasteiger partial charge on any atom is -0.483 e. The summed E-state index contributed by atoms with van der Waals surface area (Å²) >= 11 is 3.38. The number of halogens is 1. The van der Waals surface area contributed by atoms with Crippen LogP contribution in [0.15, 0.2) is 82.8 Å². The van der Waals surface area contributed by atoms with Crippen molar-refractivity contribution in [3.63, 3.8) is 0 Å². The van der Waals surface area contributed by atoms with Gasteiger partial charge in [-0.25, -0.2) is 0 Å². The van der Waals surface area contributed by atoms with Crippen LogP contribution in [0.3, 0.4) is 0 Å². The Kier molecular flexibility index (Phi) is 7.79. The van der Waals surface area contributed by atoms with Gasteiger partial charge in [-0.2, -0.15) is 5.26 Å². The Morgan fingerprint density at radius 3 is 2.38 bits per heavy atom. The van der Waals surface area contributed by atoms with Crippen molar-refractivity contribution in [3.05, 3.63) is 94.0 Å². The lowest BCUT2D eigenvalue weighted by molar-refractivity contribution is -0.118. The number of anilines is 2. The Morgan fingerprint density at radius 1 is 1.00 bits per heavy atom. The van der Waals surface area contributed by atoms with Crippen LogP contribution in [0, 0.1) is 18.3 Å². The third kappa shape index (κ3) is 6.56. The van der Waals surface area contributed by atoms with Crippen LogP contribution in [0.25, 0.3) is 6.08 Å². The van der Waals surface area contributed by atoms with E-state index in [4.69, 9.17) is 4.74 Å². The number of hydrogen-bond acceptors (Lipinski definition) is 4. The second kappa shape index (κ2) is 10.9. The minimum absolute atomic E-state index is 0.0951. The van der Waals surface area contributed by atoms with Gasteiger partial charge in [0.05, 0.1) is 0 Å². The lowest BCUT2D eigenvalue weighted by Crippen LogP contribution is -2.20. The number of nitriles is 1. The second-order valence-electron chi connectivity index (χ2n) is 6.87. The van der Waals surface area contributed by atoms with Crippen LogP contribution >= 0.6 is 15.9 Å². The number of carbonyl (C=O) groups is 2. The van der Waals surface area contributed by atoms with Crippen molar-refractivity contribution < 1.29 is 14.3 Å². The summed E-state index contributed by atoms with van der Waals surface area (Å²) in [5.41, 5.74) is 2.71. The van der Waals surface area contributed by atoms with Gasteiger partial charge in [0.1, 0.15) is 17.4 Å². The highest BCUT2D eigenvalue weighted by molar-refractivity contribution is 9.10. The molecule has 0 fully saturated rings. The summed E-state index contributed by atoms with van der Waals surface area (Å²) in [7, 11) is 0. The smallest absolute Gasteiger partial charge is 0.266 e. The van der Waals surface area contributed by atoms with Gasteiger partial charge in [-0.15, -0.1) is 0 Å². The molecule has 0 saturated heterocycles. The van der Waals surface area contributed by atoms with Crippen molar-refractivity contribution in [3.8, 4) is 11.8 Å². The Bertz CT molecular complexity index is 1180. The summed E-state index contributed by atoms with van der Waals surface area (Å²) in [4.78, 5) is 24.8. The fourth-order valence-electron chi connectivity index (χ4n) is 2.76. The first-order chi connectivity index (χ1) is 15.4. The number of aryl methyl sites for hydroxylation is 1. The molecule has 2 N–H and O–H groups in total. The van der Waals surface area contributed by atoms with Crippen molar-refractivity contribution in [2.24, 2.45) is 0 Å². The molecule has 6 nitrogen and oxygen atoms in total. The number of nitrogens with one attached hydrogen (secondary N) is 2. The molecular weight excluding hydrogens is 470 g/mol. The fraction of sp³-hybridized carbons (Fsp3) is 0.0800. The number of nitrogens with zero attached hydrogens (tertiary/aromatic N) is 1. The molecule has 2 amide bonds. The van der Waals surface area contributed by atoms with Gasteiger partial charge in [0.2, 0.25) is 0 Å². The standard InChI is InChI=1S/C25H20BrN3O3/c1-17-7-10-22(11-8-17)29-25(31)19(15-27)13-18-14-20(26)9-12-23(18)32-16-24(30)28-21-5-3-2-4-6-21/h2-14H,16H2,1H3,(H,28,30)(H,29,31)/b19-13+. The Balaban J connectivity index is 1.74. The van der Waals surface area contributed by atoms with E-state index in [2.05, 4.69) is 26.6 Å². The van der Waals surface area contributed by atoms with Gasteiger partial charge in [-0.3, -0.25) is 9.59 Å². The maximum absolute atomic E-state index is 12.6. The van der Waals surface area contributed by atoms with E-state index in [0.717, 1.165) is 10.0 Å². The number of amides is 2. The number of benzene rings is 3. The molecule has 0 radical (unpaired) electrons. The van der Waals surface area contributed by atoms with Gasteiger partial charge in [-0.05, 0) is 55.5 Å². The molecule has 0 spiro atoms. The molecule has 3 rings (SSSR count). The Labute approximate surface area is 194 Å². The van der Waals surface area contributed by atoms with Crippen LogP contribution in [0.5, 0.6) is 5.75 Å². The van der Waals surface area contributed by atoms with E-state index in [-0.39, 0.29) is 18.1 Å². The number of rotatable bonds is 7. The Hall–Kier alpha value is -3.89. The van der Waals surface area contributed by atoms with Gasteiger partial charge >= 0.3 is 0 Å². The molecular formula is C25H20BrN3O3. The van der Waals surface area contributed by atoms with Gasteiger partial charge in [0.15, 0.2) is 6.61 Å². The number of ether oxygens (including phenoxy) is 1. The molecule has 0 saturated carbocycles. The second-order valence-corrected chi connectivity index (χ2v) is 7.79. The van der Waals surface area contributed by atoms with E-state index in [1.54, 1.807) is 42.5 Å². The van der Waals surface area contributed by atoms with E-state index < -0.39 is 5.91 Å². The monoisotopic (exact) mass is 489 g/mol. The molecule has 3 aromatic carbocycles. The normalized spacial score (nSPS) is 10.7. The molecule has 0 unspecified atom stereocenters. The van der Waals surface area contributed by atoms with E-state index in [0.29, 0.717) is 22.7 Å². The van der Waals surface area contributed by atoms with Crippen molar-refractivity contribution in [2.45, 2.75) is 6.92 Å². The SMILES string of the molecule is Cc1ccc(NC(=O)/C(C#N)=C/c2cc(Br)ccc2OCC(=O)Nc2ccccc2)cc1.